The fourth-order valence-corrected chi connectivity index (χ4v) is 2.68. The van der Waals surface area contributed by atoms with Crippen molar-refractivity contribution in [1.82, 2.24) is 4.98 Å². The van der Waals surface area contributed by atoms with Crippen molar-refractivity contribution in [2.45, 2.75) is 11.5 Å². The van der Waals surface area contributed by atoms with E-state index >= 15 is 0 Å². The lowest BCUT2D eigenvalue weighted by molar-refractivity contribution is 0.280. The fraction of sp³-hybridized carbons (Fsp3) is 0.0833. The molecular weight excluding hydrogens is 347 g/mol. The van der Waals surface area contributed by atoms with Gasteiger partial charge in [-0.05, 0) is 12.1 Å². The van der Waals surface area contributed by atoms with Gasteiger partial charge in [-0.15, -0.1) is 0 Å². The average Bonchev–Trinajstić information content (AvgIpc) is 2.37. The zero-order valence-corrected chi connectivity index (χ0v) is 12.5. The Kier molecular flexibility index (Phi) is 4.65. The van der Waals surface area contributed by atoms with Crippen LogP contribution < -0.4 is 4.74 Å². The molecule has 4 nitrogen and oxygen atoms in total. The first kappa shape index (κ1) is 15.9. The smallest absolute Gasteiger partial charge is 0.265 e. The Morgan fingerprint density at radius 2 is 2.00 bits per heavy atom. The van der Waals surface area contributed by atoms with E-state index in [-0.39, 0.29) is 11.6 Å². The van der Waals surface area contributed by atoms with Gasteiger partial charge in [-0.3, -0.25) is 4.98 Å². The van der Waals surface area contributed by atoms with Crippen LogP contribution in [0.1, 0.15) is 5.56 Å². The SMILES string of the molecule is O=S(=O)(Cl)c1cc(F)cc(F)c1OCc1ccncc1Cl. The first-order chi connectivity index (χ1) is 9.79. The van der Waals surface area contributed by atoms with Crippen LogP contribution in [0.15, 0.2) is 35.5 Å². The molecule has 0 unspecified atom stereocenters. The van der Waals surface area contributed by atoms with Gasteiger partial charge in [-0.2, -0.15) is 0 Å². The summed E-state index contributed by atoms with van der Waals surface area (Å²) in [5.74, 6) is -2.93. The van der Waals surface area contributed by atoms with E-state index in [1.165, 1.54) is 18.5 Å². The molecule has 0 saturated heterocycles. The van der Waals surface area contributed by atoms with Gasteiger partial charge in [-0.1, -0.05) is 11.6 Å². The largest absolute Gasteiger partial charge is 0.484 e. The lowest BCUT2D eigenvalue weighted by Gasteiger charge is -2.11. The predicted molar refractivity (Wildman–Crippen MR) is 73.0 cm³/mol. The number of halogens is 4. The molecule has 0 amide bonds. The molecule has 0 aliphatic carbocycles. The molecule has 112 valence electrons. The highest BCUT2D eigenvalue weighted by Gasteiger charge is 2.22. The van der Waals surface area contributed by atoms with Gasteiger partial charge in [0.1, 0.15) is 17.3 Å². The van der Waals surface area contributed by atoms with Crippen LogP contribution in [0.3, 0.4) is 0 Å². The van der Waals surface area contributed by atoms with E-state index in [1.807, 2.05) is 0 Å². The fourth-order valence-electron chi connectivity index (χ4n) is 1.53. The first-order valence-electron chi connectivity index (χ1n) is 5.44. The highest BCUT2D eigenvalue weighted by Crippen LogP contribution is 2.32. The second-order valence-electron chi connectivity index (χ2n) is 3.91. The Morgan fingerprint density at radius 1 is 1.29 bits per heavy atom. The summed E-state index contributed by atoms with van der Waals surface area (Å²) in [5, 5.41) is 0.260. The molecular formula is C12H7Cl2F2NO3S. The summed E-state index contributed by atoms with van der Waals surface area (Å²) >= 11 is 5.84. The maximum Gasteiger partial charge on any atom is 0.265 e. The normalized spacial score (nSPS) is 11.4. The third kappa shape index (κ3) is 3.81. The van der Waals surface area contributed by atoms with Gasteiger partial charge in [-0.25, -0.2) is 17.2 Å². The molecule has 21 heavy (non-hydrogen) atoms. The molecule has 0 bridgehead atoms. The third-order valence-corrected chi connectivity index (χ3v) is 4.13. The maximum atomic E-state index is 13.7. The monoisotopic (exact) mass is 353 g/mol. The van der Waals surface area contributed by atoms with Crippen LogP contribution >= 0.6 is 22.3 Å². The van der Waals surface area contributed by atoms with Crippen LogP contribution in [0, 0.1) is 11.6 Å². The quantitative estimate of drug-likeness (QED) is 0.789. The van der Waals surface area contributed by atoms with Crippen molar-refractivity contribution in [1.29, 1.82) is 0 Å². The predicted octanol–water partition coefficient (Wildman–Crippen LogP) is 3.52. The van der Waals surface area contributed by atoms with Gasteiger partial charge in [0.05, 0.1) is 5.02 Å². The molecule has 0 radical (unpaired) electrons. The van der Waals surface area contributed by atoms with E-state index in [1.54, 1.807) is 0 Å². The van der Waals surface area contributed by atoms with E-state index in [4.69, 9.17) is 27.0 Å². The van der Waals surface area contributed by atoms with E-state index in [0.717, 1.165) is 0 Å². The summed E-state index contributed by atoms with van der Waals surface area (Å²) in [7, 11) is 0.772. The van der Waals surface area contributed by atoms with Crippen molar-refractivity contribution in [3.8, 4) is 5.75 Å². The number of hydrogen-bond acceptors (Lipinski definition) is 4. The van der Waals surface area contributed by atoms with Crippen molar-refractivity contribution < 1.29 is 21.9 Å². The molecule has 0 saturated carbocycles. The van der Waals surface area contributed by atoms with Crippen LogP contribution in [0.25, 0.3) is 0 Å². The number of nitrogens with zero attached hydrogens (tertiary/aromatic N) is 1. The summed E-state index contributed by atoms with van der Waals surface area (Å²) in [5.41, 5.74) is 0.452. The highest BCUT2D eigenvalue weighted by atomic mass is 35.7. The van der Waals surface area contributed by atoms with E-state index in [2.05, 4.69) is 4.98 Å². The van der Waals surface area contributed by atoms with E-state index in [9.17, 15) is 17.2 Å². The zero-order valence-electron chi connectivity index (χ0n) is 10.2. The number of rotatable bonds is 4. The minimum atomic E-state index is -4.37. The number of hydrogen-bond donors (Lipinski definition) is 0. The van der Waals surface area contributed by atoms with Gasteiger partial charge < -0.3 is 4.74 Å². The molecule has 0 atom stereocenters. The Labute approximate surface area is 128 Å². The van der Waals surface area contributed by atoms with E-state index in [0.29, 0.717) is 17.7 Å². The average molecular weight is 354 g/mol. The number of aromatic nitrogens is 1. The lowest BCUT2D eigenvalue weighted by atomic mass is 10.3. The molecule has 2 rings (SSSR count). The first-order valence-corrected chi connectivity index (χ1v) is 8.12. The summed E-state index contributed by atoms with van der Waals surface area (Å²) in [6, 6.07) is 2.59. The maximum absolute atomic E-state index is 13.7. The van der Waals surface area contributed by atoms with Crippen molar-refractivity contribution in [3.05, 3.63) is 52.8 Å². The molecule has 0 spiro atoms. The van der Waals surface area contributed by atoms with Crippen LogP contribution in [0.5, 0.6) is 5.75 Å². The number of ether oxygens (including phenoxy) is 1. The highest BCUT2D eigenvalue weighted by molar-refractivity contribution is 8.13. The van der Waals surface area contributed by atoms with Gasteiger partial charge in [0.15, 0.2) is 11.6 Å². The van der Waals surface area contributed by atoms with Gasteiger partial charge in [0.2, 0.25) is 0 Å². The molecule has 2 aromatic rings. The minimum absolute atomic E-state index is 0.233. The molecule has 0 N–H and O–H groups in total. The Hall–Kier alpha value is -1.44. The van der Waals surface area contributed by atoms with Gasteiger partial charge in [0.25, 0.3) is 9.05 Å². The summed E-state index contributed by atoms with van der Waals surface area (Å²) in [4.78, 5) is 2.97. The molecule has 1 heterocycles. The molecule has 9 heteroatoms. The van der Waals surface area contributed by atoms with Gasteiger partial charge >= 0.3 is 0 Å². The molecule has 1 aromatic heterocycles. The molecule has 0 aliphatic heterocycles. The second-order valence-corrected chi connectivity index (χ2v) is 6.85. The molecule has 1 aromatic carbocycles. The zero-order chi connectivity index (χ0) is 15.6. The van der Waals surface area contributed by atoms with Crippen molar-refractivity contribution in [3.63, 3.8) is 0 Å². The van der Waals surface area contributed by atoms with E-state index < -0.39 is 31.3 Å². The Balaban J connectivity index is 2.39. The van der Waals surface area contributed by atoms with Crippen LogP contribution in [0.2, 0.25) is 5.02 Å². The van der Waals surface area contributed by atoms with Crippen LogP contribution in [-0.4, -0.2) is 13.4 Å². The molecule has 0 fully saturated rings. The van der Waals surface area contributed by atoms with Crippen LogP contribution in [0.4, 0.5) is 8.78 Å². The summed E-state index contributed by atoms with van der Waals surface area (Å²) in [6.07, 6.45) is 2.78. The number of pyridine rings is 1. The number of benzene rings is 1. The topological polar surface area (TPSA) is 56.3 Å². The lowest BCUT2D eigenvalue weighted by Crippen LogP contribution is -2.04. The Morgan fingerprint density at radius 3 is 2.62 bits per heavy atom. The van der Waals surface area contributed by atoms with Crippen molar-refractivity contribution >= 4 is 31.3 Å². The van der Waals surface area contributed by atoms with Gasteiger partial charge in [0, 0.05) is 34.7 Å². The minimum Gasteiger partial charge on any atom is -0.484 e. The van der Waals surface area contributed by atoms with Crippen molar-refractivity contribution in [2.75, 3.05) is 0 Å². The third-order valence-electron chi connectivity index (χ3n) is 2.47. The van der Waals surface area contributed by atoms with Crippen LogP contribution in [-0.2, 0) is 15.7 Å². The Bertz CT molecular complexity index is 784. The standard InChI is InChI=1S/C12H7Cl2F2NO3S/c13-9-5-17-2-1-7(9)6-20-12-10(16)3-8(15)4-11(12)21(14,18)19/h1-5H,6H2. The molecule has 0 aliphatic rings. The summed E-state index contributed by atoms with van der Waals surface area (Å²) < 4.78 is 54.6. The second kappa shape index (κ2) is 6.13. The van der Waals surface area contributed by atoms with Crippen molar-refractivity contribution in [2.24, 2.45) is 0 Å². The summed E-state index contributed by atoms with van der Waals surface area (Å²) in [6.45, 7) is -0.233.